The number of fused-ring (bicyclic) bond motifs is 1. The lowest BCUT2D eigenvalue weighted by Gasteiger charge is -2.20. The van der Waals surface area contributed by atoms with Crippen LogP contribution >= 0.6 is 0 Å². The van der Waals surface area contributed by atoms with Gasteiger partial charge in [0, 0.05) is 35.6 Å². The van der Waals surface area contributed by atoms with Gasteiger partial charge >= 0.3 is 5.97 Å². The number of carbonyl (C=O) groups excluding carboxylic acids is 2. The van der Waals surface area contributed by atoms with E-state index in [-0.39, 0.29) is 24.0 Å². The lowest BCUT2D eigenvalue weighted by Crippen LogP contribution is -2.45. The van der Waals surface area contributed by atoms with Gasteiger partial charge in [-0.2, -0.15) is 0 Å². The van der Waals surface area contributed by atoms with E-state index in [4.69, 9.17) is 0 Å². The molecule has 0 aliphatic carbocycles. The summed E-state index contributed by atoms with van der Waals surface area (Å²) in [6.45, 7) is 5.59. The first-order valence-corrected chi connectivity index (χ1v) is 8.46. The van der Waals surface area contributed by atoms with Crippen LogP contribution in [0.15, 0.2) is 30.5 Å². The summed E-state index contributed by atoms with van der Waals surface area (Å²) in [6, 6.07) is 6.65. The van der Waals surface area contributed by atoms with Crippen LogP contribution in [0, 0.1) is 5.92 Å². The zero-order chi connectivity index (χ0) is 18.6. The molecular formula is C19H24N2O4. The second-order valence-corrected chi connectivity index (χ2v) is 6.33. The first-order valence-electron chi connectivity index (χ1n) is 8.46. The van der Waals surface area contributed by atoms with Crippen LogP contribution < -0.4 is 5.32 Å². The van der Waals surface area contributed by atoms with Gasteiger partial charge in [0.25, 0.3) is 0 Å². The highest BCUT2D eigenvalue weighted by molar-refractivity contribution is 6.07. The monoisotopic (exact) mass is 344 g/mol. The standard InChI is InChI=1S/C19H24N2O4/c1-4-12(2)18(19(24)25)20-17(23)9-10-21-11-15(13(3)22)14-7-5-6-8-16(14)21/h5-8,11-12,18H,4,9-10H2,1-3H3,(H,20,23)(H,24,25). The highest BCUT2D eigenvalue weighted by atomic mass is 16.4. The van der Waals surface area contributed by atoms with Gasteiger partial charge in [-0.3, -0.25) is 9.59 Å². The first kappa shape index (κ1) is 18.7. The minimum absolute atomic E-state index is 0.0258. The van der Waals surface area contributed by atoms with Crippen LogP contribution in [0.1, 0.15) is 44.0 Å². The van der Waals surface area contributed by atoms with Gasteiger partial charge in [-0.25, -0.2) is 4.79 Å². The van der Waals surface area contributed by atoms with E-state index in [1.54, 1.807) is 13.1 Å². The molecule has 1 aromatic heterocycles. The maximum absolute atomic E-state index is 12.2. The van der Waals surface area contributed by atoms with Gasteiger partial charge < -0.3 is 15.0 Å². The van der Waals surface area contributed by atoms with Crippen molar-refractivity contribution < 1.29 is 19.5 Å². The van der Waals surface area contributed by atoms with Gasteiger partial charge in [-0.1, -0.05) is 38.5 Å². The maximum Gasteiger partial charge on any atom is 0.326 e. The van der Waals surface area contributed by atoms with Crippen molar-refractivity contribution in [2.75, 3.05) is 0 Å². The molecule has 134 valence electrons. The Hall–Kier alpha value is -2.63. The molecule has 2 N–H and O–H groups in total. The number of hydrogen-bond acceptors (Lipinski definition) is 3. The van der Waals surface area contributed by atoms with Crippen LogP contribution in [0.4, 0.5) is 0 Å². The number of amides is 1. The SMILES string of the molecule is CCC(C)C(NC(=O)CCn1cc(C(C)=O)c2ccccc21)C(=O)O. The number of benzene rings is 1. The van der Waals surface area contributed by atoms with E-state index < -0.39 is 12.0 Å². The van der Waals surface area contributed by atoms with Crippen LogP contribution in [0.5, 0.6) is 0 Å². The Morgan fingerprint density at radius 1 is 1.24 bits per heavy atom. The minimum atomic E-state index is -1.02. The highest BCUT2D eigenvalue weighted by Gasteiger charge is 2.25. The zero-order valence-electron chi connectivity index (χ0n) is 14.8. The fraction of sp³-hybridized carbons (Fsp3) is 0.421. The topological polar surface area (TPSA) is 88.4 Å². The summed E-state index contributed by atoms with van der Waals surface area (Å²) >= 11 is 0. The summed E-state index contributed by atoms with van der Waals surface area (Å²) in [6.07, 6.45) is 2.57. The molecule has 0 spiro atoms. The van der Waals surface area contributed by atoms with Crippen molar-refractivity contribution >= 4 is 28.6 Å². The number of carboxylic acid groups (broad SMARTS) is 1. The number of nitrogens with one attached hydrogen (secondary N) is 1. The Labute approximate surface area is 146 Å². The summed E-state index contributed by atoms with van der Waals surface area (Å²) in [5.41, 5.74) is 1.51. The normalized spacial score (nSPS) is 13.4. The fourth-order valence-electron chi connectivity index (χ4n) is 2.86. The molecule has 6 nitrogen and oxygen atoms in total. The van der Waals surface area contributed by atoms with E-state index >= 15 is 0 Å². The zero-order valence-corrected chi connectivity index (χ0v) is 14.8. The van der Waals surface area contributed by atoms with Gasteiger partial charge in [-0.15, -0.1) is 0 Å². The Morgan fingerprint density at radius 3 is 2.52 bits per heavy atom. The molecule has 2 rings (SSSR count). The average Bonchev–Trinajstić information content (AvgIpc) is 2.96. The lowest BCUT2D eigenvalue weighted by molar-refractivity contribution is -0.143. The predicted octanol–water partition coefficient (Wildman–Crippen LogP) is 2.85. The number of aliphatic carboxylic acids is 1. The van der Waals surface area contributed by atoms with Crippen LogP contribution in [-0.2, 0) is 16.1 Å². The average molecular weight is 344 g/mol. The lowest BCUT2D eigenvalue weighted by atomic mass is 9.99. The molecule has 2 aromatic rings. The van der Waals surface area contributed by atoms with Crippen LogP contribution in [-0.4, -0.2) is 33.4 Å². The second-order valence-electron chi connectivity index (χ2n) is 6.33. The molecule has 0 saturated heterocycles. The summed E-state index contributed by atoms with van der Waals surface area (Å²) < 4.78 is 1.87. The first-order chi connectivity index (χ1) is 11.8. The van der Waals surface area contributed by atoms with Crippen molar-refractivity contribution in [2.24, 2.45) is 5.92 Å². The quantitative estimate of drug-likeness (QED) is 0.721. The van der Waals surface area contributed by atoms with Crippen molar-refractivity contribution in [3.8, 4) is 0 Å². The maximum atomic E-state index is 12.2. The van der Waals surface area contributed by atoms with Gasteiger partial charge in [0.2, 0.25) is 5.91 Å². The number of hydrogen-bond donors (Lipinski definition) is 2. The summed E-state index contributed by atoms with van der Waals surface area (Å²) in [5.74, 6) is -1.50. The predicted molar refractivity (Wildman–Crippen MR) is 95.6 cm³/mol. The third kappa shape index (κ3) is 4.26. The number of rotatable bonds is 8. The molecule has 0 radical (unpaired) electrons. The van der Waals surface area contributed by atoms with Gasteiger partial charge in [0.15, 0.2) is 5.78 Å². The number of aromatic nitrogens is 1. The molecule has 2 unspecified atom stereocenters. The minimum Gasteiger partial charge on any atom is -0.480 e. The smallest absolute Gasteiger partial charge is 0.326 e. The molecule has 2 atom stereocenters. The Balaban J connectivity index is 2.11. The number of ketones is 1. The molecule has 0 fully saturated rings. The molecular weight excluding hydrogens is 320 g/mol. The van der Waals surface area contributed by atoms with Crippen molar-refractivity contribution in [3.63, 3.8) is 0 Å². The Kier molecular flexibility index (Phi) is 5.96. The van der Waals surface area contributed by atoms with Crippen LogP contribution in [0.2, 0.25) is 0 Å². The number of Topliss-reactive ketones (excluding diaryl/α,β-unsaturated/α-hetero) is 1. The van der Waals surface area contributed by atoms with Crippen molar-refractivity contribution in [1.82, 2.24) is 9.88 Å². The molecule has 0 bridgehead atoms. The summed E-state index contributed by atoms with van der Waals surface area (Å²) in [5, 5.41) is 12.7. The third-order valence-corrected chi connectivity index (χ3v) is 4.54. The molecule has 1 aromatic carbocycles. The van der Waals surface area contributed by atoms with E-state index in [2.05, 4.69) is 5.32 Å². The van der Waals surface area contributed by atoms with Gasteiger partial charge in [0.1, 0.15) is 6.04 Å². The number of nitrogens with zero attached hydrogens (tertiary/aromatic N) is 1. The van der Waals surface area contributed by atoms with E-state index in [0.717, 1.165) is 10.9 Å². The highest BCUT2D eigenvalue weighted by Crippen LogP contribution is 2.22. The van der Waals surface area contributed by atoms with Gasteiger partial charge in [-0.05, 0) is 18.9 Å². The Bertz CT molecular complexity index is 794. The molecule has 1 amide bonds. The number of aryl methyl sites for hydroxylation is 1. The number of carboxylic acids is 1. The van der Waals surface area contributed by atoms with Crippen molar-refractivity contribution in [2.45, 2.75) is 46.2 Å². The molecule has 0 aliphatic heterocycles. The second kappa shape index (κ2) is 7.96. The van der Waals surface area contributed by atoms with Gasteiger partial charge in [0.05, 0.1) is 0 Å². The summed E-state index contributed by atoms with van der Waals surface area (Å²) in [4.78, 5) is 35.3. The number of para-hydroxylation sites is 1. The molecule has 25 heavy (non-hydrogen) atoms. The summed E-state index contributed by atoms with van der Waals surface area (Å²) in [7, 11) is 0. The Morgan fingerprint density at radius 2 is 1.92 bits per heavy atom. The van der Waals surface area contributed by atoms with E-state index in [1.807, 2.05) is 35.8 Å². The fourth-order valence-corrected chi connectivity index (χ4v) is 2.86. The third-order valence-electron chi connectivity index (χ3n) is 4.54. The van der Waals surface area contributed by atoms with Crippen LogP contribution in [0.3, 0.4) is 0 Å². The van der Waals surface area contributed by atoms with Crippen molar-refractivity contribution in [3.05, 3.63) is 36.0 Å². The largest absolute Gasteiger partial charge is 0.480 e. The molecule has 0 saturated carbocycles. The molecule has 0 aliphatic rings. The molecule has 1 heterocycles. The molecule has 6 heteroatoms. The van der Waals surface area contributed by atoms with E-state index in [9.17, 15) is 19.5 Å². The van der Waals surface area contributed by atoms with E-state index in [1.165, 1.54) is 6.92 Å². The van der Waals surface area contributed by atoms with Crippen molar-refractivity contribution in [1.29, 1.82) is 0 Å². The number of carbonyl (C=O) groups is 3. The van der Waals surface area contributed by atoms with Crippen LogP contribution in [0.25, 0.3) is 10.9 Å². The van der Waals surface area contributed by atoms with E-state index in [0.29, 0.717) is 18.5 Å².